The number of esters is 3. The zero-order chi connectivity index (χ0) is 31.6. The van der Waals surface area contributed by atoms with Crippen molar-refractivity contribution in [3.05, 3.63) is 75.3 Å². The summed E-state index contributed by atoms with van der Waals surface area (Å²) in [7, 11) is 1.42. The summed E-state index contributed by atoms with van der Waals surface area (Å²) in [5, 5.41) is 9.22. The van der Waals surface area contributed by atoms with Gasteiger partial charge >= 0.3 is 17.9 Å². The molecule has 2 aromatic rings. The summed E-state index contributed by atoms with van der Waals surface area (Å²) in [6, 6.07) is 11.7. The molecule has 0 N–H and O–H groups in total. The van der Waals surface area contributed by atoms with Crippen molar-refractivity contribution in [1.82, 2.24) is 4.90 Å². The van der Waals surface area contributed by atoms with E-state index >= 15 is 0 Å². The molecule has 234 valence electrons. The minimum Gasteiger partial charge on any atom is -0.493 e. The summed E-state index contributed by atoms with van der Waals surface area (Å²) in [6.07, 6.45) is 4.51. The van der Waals surface area contributed by atoms with Gasteiger partial charge in [-0.05, 0) is 55.8 Å². The molecule has 0 amide bonds. The van der Waals surface area contributed by atoms with Crippen LogP contribution in [0, 0.1) is 10.1 Å². The summed E-state index contributed by atoms with van der Waals surface area (Å²) >= 11 is 0. The maximum Gasteiger partial charge on any atom is 0.344 e. The molecule has 43 heavy (non-hydrogen) atoms. The van der Waals surface area contributed by atoms with Crippen LogP contribution in [0.4, 0.5) is 0 Å². The Morgan fingerprint density at radius 2 is 1.74 bits per heavy atom. The van der Waals surface area contributed by atoms with Crippen LogP contribution >= 0.6 is 0 Å². The SMILES string of the molecule is CCCC[C@H](OC(=O)CN(CC)CC)c1ccccc1C(=O)Oc1ccc(/C=C/C(=O)OCCCO[N+](=O)[O-])cc1OC. The Hall–Kier alpha value is -4.45. The van der Waals surface area contributed by atoms with Gasteiger partial charge in [0.2, 0.25) is 0 Å². The second kappa shape index (κ2) is 18.9. The number of carbonyl (C=O) groups is 3. The molecule has 0 radical (unpaired) electrons. The molecule has 0 fully saturated rings. The number of ether oxygens (including phenoxy) is 4. The van der Waals surface area contributed by atoms with Crippen molar-refractivity contribution in [1.29, 1.82) is 0 Å². The number of rotatable bonds is 19. The lowest BCUT2D eigenvalue weighted by atomic mass is 9.98. The molecule has 0 aliphatic rings. The maximum atomic E-state index is 13.4. The third-order valence-corrected chi connectivity index (χ3v) is 6.40. The Balaban J connectivity index is 2.15. The van der Waals surface area contributed by atoms with Gasteiger partial charge in [-0.1, -0.05) is 51.5 Å². The van der Waals surface area contributed by atoms with E-state index in [9.17, 15) is 24.5 Å². The molecule has 2 rings (SSSR count). The van der Waals surface area contributed by atoms with E-state index in [1.807, 2.05) is 25.7 Å². The van der Waals surface area contributed by atoms with Gasteiger partial charge in [0.1, 0.15) is 6.10 Å². The minimum absolute atomic E-state index is 0.0366. The molecular weight excluding hydrogens is 560 g/mol. The summed E-state index contributed by atoms with van der Waals surface area (Å²) < 4.78 is 22.0. The third kappa shape index (κ3) is 12.1. The van der Waals surface area contributed by atoms with Gasteiger partial charge in [0, 0.05) is 18.1 Å². The highest BCUT2D eigenvalue weighted by Crippen LogP contribution is 2.32. The van der Waals surface area contributed by atoms with Crippen molar-refractivity contribution in [2.75, 3.05) is 40.0 Å². The van der Waals surface area contributed by atoms with Gasteiger partial charge in [0.15, 0.2) is 11.5 Å². The molecule has 0 bridgehead atoms. The van der Waals surface area contributed by atoms with Crippen LogP contribution in [0.3, 0.4) is 0 Å². The number of benzene rings is 2. The Bertz CT molecular complexity index is 1240. The van der Waals surface area contributed by atoms with Gasteiger partial charge in [-0.15, -0.1) is 10.1 Å². The van der Waals surface area contributed by atoms with Crippen LogP contribution in [-0.4, -0.2) is 67.9 Å². The summed E-state index contributed by atoms with van der Waals surface area (Å²) in [5.41, 5.74) is 1.41. The fraction of sp³-hybridized carbons (Fsp3) is 0.452. The van der Waals surface area contributed by atoms with E-state index < -0.39 is 23.1 Å². The number of hydrogen-bond donors (Lipinski definition) is 0. The zero-order valence-electron chi connectivity index (χ0n) is 25.1. The van der Waals surface area contributed by atoms with Crippen LogP contribution in [0.15, 0.2) is 48.5 Å². The molecule has 0 spiro atoms. The first-order valence-corrected chi connectivity index (χ1v) is 14.2. The van der Waals surface area contributed by atoms with Crippen molar-refractivity contribution >= 4 is 24.0 Å². The van der Waals surface area contributed by atoms with Crippen molar-refractivity contribution in [3.63, 3.8) is 0 Å². The quantitative estimate of drug-likeness (QED) is 0.0525. The van der Waals surface area contributed by atoms with Crippen molar-refractivity contribution in [2.24, 2.45) is 0 Å². The molecule has 0 heterocycles. The van der Waals surface area contributed by atoms with E-state index in [-0.39, 0.29) is 49.2 Å². The van der Waals surface area contributed by atoms with Crippen LogP contribution < -0.4 is 9.47 Å². The van der Waals surface area contributed by atoms with Crippen molar-refractivity contribution in [2.45, 2.75) is 52.6 Å². The van der Waals surface area contributed by atoms with Gasteiger partial charge in [-0.3, -0.25) is 9.69 Å². The number of unbranched alkanes of at least 4 members (excludes halogenated alkanes) is 1. The molecular formula is C31H40N2O10. The Morgan fingerprint density at radius 3 is 2.42 bits per heavy atom. The molecule has 0 saturated carbocycles. The number of methoxy groups -OCH3 is 1. The molecule has 0 saturated heterocycles. The predicted octanol–water partition coefficient (Wildman–Crippen LogP) is 5.19. The second-order valence-electron chi connectivity index (χ2n) is 9.38. The Morgan fingerprint density at radius 1 is 1.00 bits per heavy atom. The summed E-state index contributed by atoms with van der Waals surface area (Å²) in [5.74, 6) is -1.21. The lowest BCUT2D eigenvalue weighted by Crippen LogP contribution is -2.31. The van der Waals surface area contributed by atoms with E-state index in [1.54, 1.807) is 36.4 Å². The standard InChI is InChI=1S/C31H40N2O10/c1-5-8-14-26(42-30(35)22-32(6-2)7-3)24-12-9-10-13-25(24)31(36)43-27-17-15-23(21-28(27)39-4)16-18-29(34)40-19-11-20-41-33(37)38/h9-10,12-13,15-18,21,26H,5-8,11,14,19-20,22H2,1-4H3/b18-16+/t26-/m0/s1. The molecule has 0 unspecified atom stereocenters. The van der Waals surface area contributed by atoms with Gasteiger partial charge < -0.3 is 23.8 Å². The first kappa shape index (κ1) is 34.7. The predicted molar refractivity (Wildman–Crippen MR) is 158 cm³/mol. The molecule has 0 aliphatic heterocycles. The van der Waals surface area contributed by atoms with Crippen molar-refractivity contribution in [3.8, 4) is 11.5 Å². The van der Waals surface area contributed by atoms with E-state index in [0.29, 0.717) is 17.5 Å². The number of hydrogen-bond acceptors (Lipinski definition) is 11. The number of carbonyl (C=O) groups excluding carboxylic acids is 3. The maximum absolute atomic E-state index is 13.4. The van der Waals surface area contributed by atoms with E-state index in [4.69, 9.17) is 18.9 Å². The normalized spacial score (nSPS) is 11.7. The third-order valence-electron chi connectivity index (χ3n) is 6.40. The van der Waals surface area contributed by atoms with E-state index in [1.165, 1.54) is 25.3 Å². The second-order valence-corrected chi connectivity index (χ2v) is 9.38. The average Bonchev–Trinajstić information content (AvgIpc) is 3.00. The van der Waals surface area contributed by atoms with Crippen LogP contribution in [0.1, 0.15) is 74.0 Å². The Kier molecular flexibility index (Phi) is 15.3. The van der Waals surface area contributed by atoms with E-state index in [0.717, 1.165) is 25.9 Å². The van der Waals surface area contributed by atoms with Gasteiger partial charge in [0.05, 0.1) is 32.4 Å². The average molecular weight is 601 g/mol. The fourth-order valence-corrected chi connectivity index (χ4v) is 4.07. The molecule has 0 aromatic heterocycles. The first-order chi connectivity index (χ1) is 20.7. The minimum atomic E-state index is -0.911. The van der Waals surface area contributed by atoms with Crippen LogP contribution in [0.25, 0.3) is 6.08 Å². The van der Waals surface area contributed by atoms with E-state index in [2.05, 4.69) is 4.84 Å². The highest BCUT2D eigenvalue weighted by molar-refractivity contribution is 5.93. The largest absolute Gasteiger partial charge is 0.493 e. The molecule has 0 aliphatic carbocycles. The smallest absolute Gasteiger partial charge is 0.344 e. The summed E-state index contributed by atoms with van der Waals surface area (Å²) in [6.45, 7) is 7.39. The molecule has 1 atom stereocenters. The monoisotopic (exact) mass is 600 g/mol. The van der Waals surface area contributed by atoms with Crippen LogP contribution in [0.2, 0.25) is 0 Å². The Labute approximate surface area is 251 Å². The zero-order valence-corrected chi connectivity index (χ0v) is 25.1. The highest BCUT2D eigenvalue weighted by atomic mass is 16.9. The first-order valence-electron chi connectivity index (χ1n) is 14.2. The van der Waals surface area contributed by atoms with Crippen LogP contribution in [-0.2, 0) is 23.9 Å². The molecule has 12 heteroatoms. The number of nitrogens with zero attached hydrogens (tertiary/aromatic N) is 2. The van der Waals surface area contributed by atoms with Crippen LogP contribution in [0.5, 0.6) is 11.5 Å². The lowest BCUT2D eigenvalue weighted by Gasteiger charge is -2.23. The van der Waals surface area contributed by atoms with Gasteiger partial charge in [-0.25, -0.2) is 9.59 Å². The molecule has 12 nitrogen and oxygen atoms in total. The van der Waals surface area contributed by atoms with Gasteiger partial charge in [0.25, 0.3) is 5.09 Å². The van der Waals surface area contributed by atoms with Gasteiger partial charge in [-0.2, -0.15) is 0 Å². The fourth-order valence-electron chi connectivity index (χ4n) is 4.07. The lowest BCUT2D eigenvalue weighted by molar-refractivity contribution is -0.757. The highest BCUT2D eigenvalue weighted by Gasteiger charge is 2.24. The number of likely N-dealkylation sites (N-methyl/N-ethyl adjacent to an activating group) is 1. The summed E-state index contributed by atoms with van der Waals surface area (Å²) in [4.78, 5) is 54.3. The van der Waals surface area contributed by atoms with Crippen molar-refractivity contribution < 1.29 is 43.3 Å². The topological polar surface area (TPSA) is 144 Å². The molecule has 2 aromatic carbocycles.